The number of nitrogens with zero attached hydrogens (tertiary/aromatic N) is 1. The number of nitrogens with one attached hydrogen (secondary N) is 1. The van der Waals surface area contributed by atoms with Gasteiger partial charge in [-0.3, -0.25) is 0 Å². The van der Waals surface area contributed by atoms with E-state index in [0.29, 0.717) is 6.42 Å². The monoisotopic (exact) mass is 232 g/mol. The molecule has 2 unspecified atom stereocenters. The predicted molar refractivity (Wildman–Crippen MR) is 63.2 cm³/mol. The minimum Gasteiger partial charge on any atom is -0.394 e. The summed E-state index contributed by atoms with van der Waals surface area (Å²) in [6.45, 7) is 5.58. The van der Waals surface area contributed by atoms with Crippen molar-refractivity contribution in [3.63, 3.8) is 0 Å². The zero-order valence-corrected chi connectivity index (χ0v) is 10.8. The van der Waals surface area contributed by atoms with Crippen LogP contribution in [-0.2, 0) is 0 Å². The van der Waals surface area contributed by atoms with Crippen molar-refractivity contribution in [1.82, 2.24) is 10.2 Å². The van der Waals surface area contributed by atoms with Gasteiger partial charge in [0.25, 0.3) is 0 Å². The summed E-state index contributed by atoms with van der Waals surface area (Å²) >= 11 is 0. The minimum absolute atomic E-state index is 0.174. The van der Waals surface area contributed by atoms with Crippen molar-refractivity contribution in [3.05, 3.63) is 0 Å². The van der Waals surface area contributed by atoms with Gasteiger partial charge in [0.05, 0.1) is 18.8 Å². The molecule has 0 saturated heterocycles. The lowest BCUT2D eigenvalue weighted by Gasteiger charge is -2.29. The van der Waals surface area contributed by atoms with E-state index in [2.05, 4.69) is 5.32 Å². The zero-order valence-electron chi connectivity index (χ0n) is 10.8. The Morgan fingerprint density at radius 1 is 1.38 bits per heavy atom. The molecular weight excluding hydrogens is 208 g/mol. The number of hydrogen-bond donors (Lipinski definition) is 3. The van der Waals surface area contributed by atoms with E-state index < -0.39 is 12.1 Å². The van der Waals surface area contributed by atoms with Crippen LogP contribution < -0.4 is 5.32 Å². The highest BCUT2D eigenvalue weighted by molar-refractivity contribution is 5.73. The summed E-state index contributed by atoms with van der Waals surface area (Å²) in [5, 5.41) is 21.6. The van der Waals surface area contributed by atoms with Gasteiger partial charge in [0.1, 0.15) is 0 Å². The number of carbonyl (C=O) groups excluding carboxylic acids is 1. The predicted octanol–water partition coefficient (Wildman–Crippen LogP) is 0.416. The van der Waals surface area contributed by atoms with Crippen molar-refractivity contribution in [2.75, 3.05) is 20.7 Å². The van der Waals surface area contributed by atoms with Crippen molar-refractivity contribution in [2.24, 2.45) is 5.41 Å². The second-order valence-corrected chi connectivity index (χ2v) is 5.34. The standard InChI is InChI=1S/C11H24N2O3/c1-11(2,3)9(15)6-8(7-14)12-10(16)13(4)5/h8-9,14-15H,6-7H2,1-5H3,(H,12,16). The van der Waals surface area contributed by atoms with E-state index >= 15 is 0 Å². The molecule has 0 fully saturated rings. The third-order valence-electron chi connectivity index (χ3n) is 2.46. The fourth-order valence-electron chi connectivity index (χ4n) is 1.11. The fraction of sp³-hybridized carbons (Fsp3) is 0.909. The Hall–Kier alpha value is -0.810. The number of aliphatic hydroxyl groups is 2. The van der Waals surface area contributed by atoms with E-state index in [0.717, 1.165) is 0 Å². The Morgan fingerprint density at radius 3 is 2.19 bits per heavy atom. The number of rotatable bonds is 4. The zero-order chi connectivity index (χ0) is 12.9. The Labute approximate surface area is 97.4 Å². The van der Waals surface area contributed by atoms with Gasteiger partial charge < -0.3 is 20.4 Å². The molecule has 3 N–H and O–H groups in total. The molecule has 0 aliphatic carbocycles. The lowest BCUT2D eigenvalue weighted by atomic mass is 9.85. The number of hydrogen-bond acceptors (Lipinski definition) is 3. The van der Waals surface area contributed by atoms with Crippen LogP contribution in [0.25, 0.3) is 0 Å². The first-order chi connectivity index (χ1) is 7.18. The summed E-state index contributed by atoms with van der Waals surface area (Å²) in [7, 11) is 3.26. The maximum atomic E-state index is 11.4. The quantitative estimate of drug-likeness (QED) is 0.657. The number of carbonyl (C=O) groups is 1. The topological polar surface area (TPSA) is 72.8 Å². The highest BCUT2D eigenvalue weighted by Gasteiger charge is 2.26. The highest BCUT2D eigenvalue weighted by atomic mass is 16.3. The van der Waals surface area contributed by atoms with Gasteiger partial charge in [-0.25, -0.2) is 4.79 Å². The van der Waals surface area contributed by atoms with E-state index in [-0.39, 0.29) is 18.1 Å². The molecule has 0 heterocycles. The molecule has 0 aliphatic heterocycles. The molecule has 0 aromatic rings. The number of urea groups is 1. The maximum Gasteiger partial charge on any atom is 0.317 e. The smallest absolute Gasteiger partial charge is 0.317 e. The molecule has 16 heavy (non-hydrogen) atoms. The van der Waals surface area contributed by atoms with Gasteiger partial charge in [-0.1, -0.05) is 20.8 Å². The third kappa shape index (κ3) is 5.32. The highest BCUT2D eigenvalue weighted by Crippen LogP contribution is 2.22. The molecule has 0 rings (SSSR count). The van der Waals surface area contributed by atoms with Crippen LogP contribution in [-0.4, -0.2) is 54.0 Å². The van der Waals surface area contributed by atoms with Crippen molar-refractivity contribution in [3.8, 4) is 0 Å². The minimum atomic E-state index is -0.563. The van der Waals surface area contributed by atoms with Crippen LogP contribution in [0.2, 0.25) is 0 Å². The molecule has 0 saturated carbocycles. The number of amides is 2. The molecule has 0 bridgehead atoms. The first-order valence-electron chi connectivity index (χ1n) is 5.45. The summed E-state index contributed by atoms with van der Waals surface area (Å²) in [5.41, 5.74) is -0.254. The Balaban J connectivity index is 4.26. The summed E-state index contributed by atoms with van der Waals surface area (Å²) in [4.78, 5) is 12.8. The van der Waals surface area contributed by atoms with Crippen LogP contribution in [0.4, 0.5) is 4.79 Å². The Kier molecular flexibility index (Phi) is 5.75. The molecule has 0 radical (unpaired) electrons. The largest absolute Gasteiger partial charge is 0.394 e. The molecule has 0 spiro atoms. The van der Waals surface area contributed by atoms with Gasteiger partial charge in [-0.15, -0.1) is 0 Å². The van der Waals surface area contributed by atoms with Crippen LogP contribution in [0.3, 0.4) is 0 Å². The van der Waals surface area contributed by atoms with E-state index in [1.54, 1.807) is 14.1 Å². The van der Waals surface area contributed by atoms with Crippen molar-refractivity contribution >= 4 is 6.03 Å². The maximum absolute atomic E-state index is 11.4. The second-order valence-electron chi connectivity index (χ2n) is 5.34. The fourth-order valence-corrected chi connectivity index (χ4v) is 1.11. The van der Waals surface area contributed by atoms with Crippen LogP contribution in [0.5, 0.6) is 0 Å². The Morgan fingerprint density at radius 2 is 1.88 bits per heavy atom. The summed E-state index contributed by atoms with van der Waals surface area (Å²) < 4.78 is 0. The Bertz CT molecular complexity index is 224. The van der Waals surface area contributed by atoms with E-state index in [1.807, 2.05) is 20.8 Å². The summed E-state index contributed by atoms with van der Waals surface area (Å²) in [6, 6.07) is -0.677. The average molecular weight is 232 g/mol. The van der Waals surface area contributed by atoms with Gasteiger partial charge in [0, 0.05) is 14.1 Å². The molecule has 2 amide bonds. The molecule has 5 heteroatoms. The molecule has 0 aliphatic rings. The lowest BCUT2D eigenvalue weighted by molar-refractivity contribution is 0.0400. The SMILES string of the molecule is CN(C)C(=O)NC(CO)CC(O)C(C)(C)C. The lowest BCUT2D eigenvalue weighted by Crippen LogP contribution is -2.46. The van der Waals surface area contributed by atoms with Gasteiger partial charge in [-0.2, -0.15) is 0 Å². The van der Waals surface area contributed by atoms with E-state index in [9.17, 15) is 9.90 Å². The molecule has 96 valence electrons. The molecule has 2 atom stereocenters. The van der Waals surface area contributed by atoms with E-state index in [4.69, 9.17) is 5.11 Å². The van der Waals surface area contributed by atoms with Crippen molar-refractivity contribution in [1.29, 1.82) is 0 Å². The average Bonchev–Trinajstić information content (AvgIpc) is 2.14. The van der Waals surface area contributed by atoms with Crippen molar-refractivity contribution < 1.29 is 15.0 Å². The number of aliphatic hydroxyl groups excluding tert-OH is 2. The third-order valence-corrected chi connectivity index (χ3v) is 2.46. The van der Waals surface area contributed by atoms with E-state index in [1.165, 1.54) is 4.90 Å². The first kappa shape index (κ1) is 15.2. The summed E-state index contributed by atoms with van der Waals surface area (Å²) in [5.74, 6) is 0. The molecule has 5 nitrogen and oxygen atoms in total. The van der Waals surface area contributed by atoms with Crippen molar-refractivity contribution in [2.45, 2.75) is 39.3 Å². The summed E-state index contributed by atoms with van der Waals surface area (Å²) in [6.07, 6.45) is -0.216. The van der Waals surface area contributed by atoms with Gasteiger partial charge in [0.2, 0.25) is 0 Å². The van der Waals surface area contributed by atoms with Crippen LogP contribution in [0.15, 0.2) is 0 Å². The first-order valence-corrected chi connectivity index (χ1v) is 5.45. The van der Waals surface area contributed by atoms with Gasteiger partial charge in [-0.05, 0) is 11.8 Å². The van der Waals surface area contributed by atoms with Crippen LogP contribution in [0, 0.1) is 5.41 Å². The molecule has 0 aromatic heterocycles. The normalized spacial score (nSPS) is 15.4. The second kappa shape index (κ2) is 6.06. The van der Waals surface area contributed by atoms with Crippen LogP contribution >= 0.6 is 0 Å². The molecular formula is C11H24N2O3. The van der Waals surface area contributed by atoms with Crippen LogP contribution in [0.1, 0.15) is 27.2 Å². The molecule has 0 aromatic carbocycles. The van der Waals surface area contributed by atoms with Gasteiger partial charge >= 0.3 is 6.03 Å². The van der Waals surface area contributed by atoms with Gasteiger partial charge in [0.15, 0.2) is 0 Å².